The van der Waals surface area contributed by atoms with Gasteiger partial charge in [-0.1, -0.05) is 17.7 Å². The Bertz CT molecular complexity index is 843. The molecular formula is C21H25ClN2O4. The van der Waals surface area contributed by atoms with Crippen LogP contribution in [0.1, 0.15) is 12.0 Å². The van der Waals surface area contributed by atoms with Crippen molar-refractivity contribution >= 4 is 23.3 Å². The maximum absolute atomic E-state index is 12.7. The number of halogens is 1. The number of anilines is 1. The predicted octanol–water partition coefficient (Wildman–Crippen LogP) is 4.46. The third-order valence-corrected chi connectivity index (χ3v) is 5.18. The van der Waals surface area contributed by atoms with Crippen LogP contribution in [-0.4, -0.2) is 45.3 Å². The summed E-state index contributed by atoms with van der Waals surface area (Å²) in [6.07, 6.45) is 1.83. The van der Waals surface area contributed by atoms with Crippen LogP contribution in [0.5, 0.6) is 17.2 Å². The topological polar surface area (TPSA) is 60.0 Å². The van der Waals surface area contributed by atoms with Crippen molar-refractivity contribution in [2.45, 2.75) is 12.8 Å². The van der Waals surface area contributed by atoms with Crippen molar-refractivity contribution in [3.63, 3.8) is 0 Å². The summed E-state index contributed by atoms with van der Waals surface area (Å²) in [5, 5.41) is 3.45. The number of methoxy groups -OCH3 is 3. The van der Waals surface area contributed by atoms with Gasteiger partial charge < -0.3 is 24.4 Å². The van der Waals surface area contributed by atoms with Crippen molar-refractivity contribution in [1.29, 1.82) is 0 Å². The Balaban J connectivity index is 1.61. The number of carbonyl (C=O) groups excluding carboxylic acids is 1. The van der Waals surface area contributed by atoms with Crippen LogP contribution >= 0.6 is 11.6 Å². The van der Waals surface area contributed by atoms with Gasteiger partial charge in [-0.15, -0.1) is 0 Å². The maximum atomic E-state index is 12.7. The standard InChI is InChI=1S/C21H25ClN2O4/c1-26-18-7-5-16(22)12-17(18)23-21(25)24-9-8-15(13-24)10-14-4-6-19(27-2)20(11-14)28-3/h4-7,11-12,15H,8-10,13H2,1-3H3,(H,23,25). The largest absolute Gasteiger partial charge is 0.495 e. The third-order valence-electron chi connectivity index (χ3n) is 4.95. The van der Waals surface area contributed by atoms with E-state index in [-0.39, 0.29) is 6.03 Å². The lowest BCUT2D eigenvalue weighted by Gasteiger charge is -2.19. The van der Waals surface area contributed by atoms with E-state index in [1.165, 1.54) is 5.56 Å². The second-order valence-electron chi connectivity index (χ2n) is 6.77. The molecule has 0 aromatic heterocycles. The summed E-state index contributed by atoms with van der Waals surface area (Å²) in [4.78, 5) is 14.5. The number of nitrogens with one attached hydrogen (secondary N) is 1. The van der Waals surface area contributed by atoms with Gasteiger partial charge in [0.15, 0.2) is 11.5 Å². The van der Waals surface area contributed by atoms with Crippen LogP contribution < -0.4 is 19.5 Å². The SMILES string of the molecule is COc1ccc(Cl)cc1NC(=O)N1CCC(Cc2ccc(OC)c(OC)c2)C1. The number of benzene rings is 2. The zero-order valence-corrected chi connectivity index (χ0v) is 17.1. The van der Waals surface area contributed by atoms with Crippen molar-refractivity contribution < 1.29 is 19.0 Å². The summed E-state index contributed by atoms with van der Waals surface area (Å²) in [5.74, 6) is 2.42. The van der Waals surface area contributed by atoms with E-state index in [4.69, 9.17) is 25.8 Å². The van der Waals surface area contributed by atoms with Gasteiger partial charge in [-0.05, 0) is 54.7 Å². The molecule has 1 heterocycles. The van der Waals surface area contributed by atoms with Gasteiger partial charge in [0, 0.05) is 18.1 Å². The van der Waals surface area contributed by atoms with Crippen molar-refractivity contribution in [1.82, 2.24) is 4.90 Å². The molecule has 0 radical (unpaired) electrons. The van der Waals surface area contributed by atoms with Crippen LogP contribution in [-0.2, 0) is 6.42 Å². The molecule has 0 bridgehead atoms. The number of nitrogens with zero attached hydrogens (tertiary/aromatic N) is 1. The lowest BCUT2D eigenvalue weighted by Crippen LogP contribution is -2.33. The molecule has 6 nitrogen and oxygen atoms in total. The smallest absolute Gasteiger partial charge is 0.321 e. The summed E-state index contributed by atoms with van der Waals surface area (Å²) in [6.45, 7) is 1.41. The fraction of sp³-hybridized carbons (Fsp3) is 0.381. The minimum Gasteiger partial charge on any atom is -0.495 e. The summed E-state index contributed by atoms with van der Waals surface area (Å²) >= 11 is 6.04. The lowest BCUT2D eigenvalue weighted by molar-refractivity contribution is 0.220. The van der Waals surface area contributed by atoms with E-state index >= 15 is 0 Å². The highest BCUT2D eigenvalue weighted by atomic mass is 35.5. The Labute approximate surface area is 170 Å². The summed E-state index contributed by atoms with van der Waals surface area (Å²) in [6, 6.07) is 11.0. The Hall–Kier alpha value is -2.60. The van der Waals surface area contributed by atoms with Crippen molar-refractivity contribution in [3.8, 4) is 17.2 Å². The molecule has 1 saturated heterocycles. The quantitative estimate of drug-likeness (QED) is 0.772. The van der Waals surface area contributed by atoms with Gasteiger partial charge in [0.05, 0.1) is 27.0 Å². The molecule has 0 aliphatic carbocycles. The van der Waals surface area contributed by atoms with Gasteiger partial charge in [0.2, 0.25) is 0 Å². The fourth-order valence-corrected chi connectivity index (χ4v) is 3.67. The second-order valence-corrected chi connectivity index (χ2v) is 7.21. The summed E-state index contributed by atoms with van der Waals surface area (Å²) in [7, 11) is 4.82. The molecule has 1 N–H and O–H groups in total. The predicted molar refractivity (Wildman–Crippen MR) is 110 cm³/mol. The molecule has 2 aromatic rings. The van der Waals surface area contributed by atoms with Crippen LogP contribution in [0, 0.1) is 5.92 Å². The number of hydrogen-bond donors (Lipinski definition) is 1. The van der Waals surface area contributed by atoms with Crippen LogP contribution in [0.15, 0.2) is 36.4 Å². The number of amides is 2. The normalized spacial score (nSPS) is 16.0. The molecule has 1 aliphatic rings. The van der Waals surface area contributed by atoms with Gasteiger partial charge >= 0.3 is 6.03 Å². The molecule has 1 aliphatic heterocycles. The Morgan fingerprint density at radius 3 is 2.50 bits per heavy atom. The molecule has 2 aromatic carbocycles. The summed E-state index contributed by atoms with van der Waals surface area (Å²) < 4.78 is 16.0. The molecule has 0 saturated carbocycles. The molecule has 3 rings (SSSR count). The number of rotatable bonds is 6. The van der Waals surface area contributed by atoms with Gasteiger partial charge in [-0.2, -0.15) is 0 Å². The Kier molecular flexibility index (Phi) is 6.52. The highest BCUT2D eigenvalue weighted by Gasteiger charge is 2.27. The van der Waals surface area contributed by atoms with E-state index < -0.39 is 0 Å². The third kappa shape index (κ3) is 4.62. The van der Waals surface area contributed by atoms with Crippen molar-refractivity contribution in [2.75, 3.05) is 39.7 Å². The van der Waals surface area contributed by atoms with Crippen LogP contribution in [0.25, 0.3) is 0 Å². The first-order valence-corrected chi connectivity index (χ1v) is 9.52. The van der Waals surface area contributed by atoms with Crippen LogP contribution in [0.3, 0.4) is 0 Å². The van der Waals surface area contributed by atoms with E-state index in [0.717, 1.165) is 18.6 Å². The van der Waals surface area contributed by atoms with E-state index in [0.29, 0.717) is 41.2 Å². The monoisotopic (exact) mass is 404 g/mol. The molecule has 1 atom stereocenters. The van der Waals surface area contributed by atoms with Crippen molar-refractivity contribution in [3.05, 3.63) is 47.0 Å². The molecule has 1 unspecified atom stereocenters. The van der Waals surface area contributed by atoms with Crippen molar-refractivity contribution in [2.24, 2.45) is 5.92 Å². The Morgan fingerprint density at radius 2 is 1.79 bits per heavy atom. The average molecular weight is 405 g/mol. The first-order valence-electron chi connectivity index (χ1n) is 9.14. The number of urea groups is 1. The van der Waals surface area contributed by atoms with Crippen LogP contribution in [0.2, 0.25) is 5.02 Å². The second kappa shape index (κ2) is 9.06. The maximum Gasteiger partial charge on any atom is 0.321 e. The number of carbonyl (C=O) groups is 1. The molecule has 28 heavy (non-hydrogen) atoms. The zero-order valence-electron chi connectivity index (χ0n) is 16.3. The minimum absolute atomic E-state index is 0.143. The molecule has 0 spiro atoms. The molecule has 2 amide bonds. The minimum atomic E-state index is -0.143. The van der Waals surface area contributed by atoms with Gasteiger partial charge in [0.1, 0.15) is 5.75 Å². The fourth-order valence-electron chi connectivity index (χ4n) is 3.50. The summed E-state index contributed by atoms with van der Waals surface area (Å²) in [5.41, 5.74) is 1.74. The van der Waals surface area contributed by atoms with Gasteiger partial charge in [0.25, 0.3) is 0 Å². The molecular weight excluding hydrogens is 380 g/mol. The zero-order chi connectivity index (χ0) is 20.1. The van der Waals surface area contributed by atoms with Crippen LogP contribution in [0.4, 0.5) is 10.5 Å². The number of likely N-dealkylation sites (tertiary alicyclic amines) is 1. The number of hydrogen-bond acceptors (Lipinski definition) is 4. The van der Waals surface area contributed by atoms with E-state index in [1.54, 1.807) is 39.5 Å². The highest BCUT2D eigenvalue weighted by Crippen LogP contribution is 2.31. The average Bonchev–Trinajstić information content (AvgIpc) is 3.16. The molecule has 150 valence electrons. The van der Waals surface area contributed by atoms with Gasteiger partial charge in [-0.25, -0.2) is 4.79 Å². The molecule has 1 fully saturated rings. The molecule has 7 heteroatoms. The number of ether oxygens (including phenoxy) is 3. The Morgan fingerprint density at radius 1 is 1.07 bits per heavy atom. The van der Waals surface area contributed by atoms with E-state index in [1.807, 2.05) is 23.1 Å². The highest BCUT2D eigenvalue weighted by molar-refractivity contribution is 6.31. The first-order chi connectivity index (χ1) is 13.5. The van der Waals surface area contributed by atoms with E-state index in [9.17, 15) is 4.79 Å². The van der Waals surface area contributed by atoms with Gasteiger partial charge in [-0.3, -0.25) is 0 Å². The first kappa shape index (κ1) is 20.1. The van der Waals surface area contributed by atoms with E-state index in [2.05, 4.69) is 5.32 Å². The lowest BCUT2D eigenvalue weighted by atomic mass is 9.98.